The average Bonchev–Trinajstić information content (AvgIpc) is 3.28. The van der Waals surface area contributed by atoms with Crippen LogP contribution < -0.4 is 10.0 Å². The second kappa shape index (κ2) is 7.30. The Morgan fingerprint density at radius 1 is 0.935 bits per heavy atom. The van der Waals surface area contributed by atoms with Gasteiger partial charge in [-0.1, -0.05) is 35.9 Å². The summed E-state index contributed by atoms with van der Waals surface area (Å²) in [6.45, 7) is 0. The Bertz CT molecular complexity index is 1460. The highest BCUT2D eigenvalue weighted by atomic mass is 35.5. The lowest BCUT2D eigenvalue weighted by Gasteiger charge is -2.09. The number of aromatic nitrogens is 1. The summed E-state index contributed by atoms with van der Waals surface area (Å²) in [6.07, 6.45) is 1.72. The Labute approximate surface area is 183 Å². The maximum atomic E-state index is 12.9. The van der Waals surface area contributed by atoms with Crippen molar-refractivity contribution in [2.75, 3.05) is 10.0 Å². The Hall–Kier alpha value is -3.55. The molecule has 1 aliphatic heterocycles. The van der Waals surface area contributed by atoms with Gasteiger partial charge in [-0.15, -0.1) is 0 Å². The molecule has 1 aliphatic rings. The van der Waals surface area contributed by atoms with E-state index in [1.807, 2.05) is 30.3 Å². The van der Waals surface area contributed by atoms with E-state index in [0.29, 0.717) is 27.5 Å². The number of amides is 1. The van der Waals surface area contributed by atoms with Gasteiger partial charge in [0.2, 0.25) is 0 Å². The summed E-state index contributed by atoms with van der Waals surface area (Å²) >= 11 is 5.95. The Morgan fingerprint density at radius 3 is 2.58 bits per heavy atom. The Kier molecular flexibility index (Phi) is 4.57. The molecule has 0 radical (unpaired) electrons. The zero-order valence-corrected chi connectivity index (χ0v) is 17.6. The summed E-state index contributed by atoms with van der Waals surface area (Å²) in [5.74, 6) is -0.286. The van der Waals surface area contributed by atoms with Crippen LogP contribution in [0.15, 0.2) is 77.7 Å². The molecule has 4 aromatic rings. The minimum Gasteiger partial charge on any atom is -0.355 e. The van der Waals surface area contributed by atoms with E-state index in [2.05, 4.69) is 15.0 Å². The number of benzene rings is 3. The van der Waals surface area contributed by atoms with E-state index in [1.54, 1.807) is 30.3 Å². The molecule has 3 aromatic carbocycles. The number of sulfonamides is 1. The maximum Gasteiger partial charge on any atom is 0.261 e. The van der Waals surface area contributed by atoms with E-state index >= 15 is 0 Å². The van der Waals surface area contributed by atoms with Crippen LogP contribution in [0.25, 0.3) is 22.6 Å². The maximum absolute atomic E-state index is 12.9. The molecule has 31 heavy (non-hydrogen) atoms. The molecule has 1 aromatic heterocycles. The van der Waals surface area contributed by atoms with Crippen LogP contribution >= 0.6 is 11.6 Å². The number of H-pyrrole nitrogens is 1. The van der Waals surface area contributed by atoms with Gasteiger partial charge in [-0.2, -0.15) is 0 Å². The first-order valence-corrected chi connectivity index (χ1v) is 11.3. The highest BCUT2D eigenvalue weighted by molar-refractivity contribution is 7.92. The second-order valence-electron chi connectivity index (χ2n) is 7.15. The van der Waals surface area contributed by atoms with Crippen LogP contribution in [0, 0.1) is 0 Å². The summed E-state index contributed by atoms with van der Waals surface area (Å²) in [5, 5.41) is 4.23. The predicted molar refractivity (Wildman–Crippen MR) is 124 cm³/mol. The largest absolute Gasteiger partial charge is 0.355 e. The molecule has 5 rings (SSSR count). The van der Waals surface area contributed by atoms with Crippen LogP contribution in [0.5, 0.6) is 0 Å². The van der Waals surface area contributed by atoms with Crippen LogP contribution in [0.2, 0.25) is 5.02 Å². The van der Waals surface area contributed by atoms with Gasteiger partial charge < -0.3 is 10.3 Å². The third-order valence-electron chi connectivity index (χ3n) is 5.01. The molecular formula is C23H16ClN3O3S. The summed E-state index contributed by atoms with van der Waals surface area (Å²) in [4.78, 5) is 15.9. The molecule has 8 heteroatoms. The molecule has 0 saturated carbocycles. The number of rotatable bonds is 4. The molecule has 154 valence electrons. The number of carbonyl (C=O) groups is 1. The lowest BCUT2D eigenvalue weighted by molar-refractivity contribution is -0.110. The van der Waals surface area contributed by atoms with Gasteiger partial charge in [0.1, 0.15) is 0 Å². The van der Waals surface area contributed by atoms with E-state index in [-0.39, 0.29) is 10.8 Å². The van der Waals surface area contributed by atoms with Crippen molar-refractivity contribution in [1.29, 1.82) is 0 Å². The third kappa shape index (κ3) is 3.69. The van der Waals surface area contributed by atoms with Crippen LogP contribution in [-0.2, 0) is 14.8 Å². The van der Waals surface area contributed by atoms with Gasteiger partial charge in [-0.05, 0) is 60.0 Å². The highest BCUT2D eigenvalue weighted by Crippen LogP contribution is 2.35. The molecular weight excluding hydrogens is 434 g/mol. The normalized spacial score (nSPS) is 14.6. The SMILES string of the molecule is O=C1Nc2ccc(S(=O)(=O)Nc3cccc(Cl)c3)cc2C1=Cc1cc2ccccc2[nH]1. The summed E-state index contributed by atoms with van der Waals surface area (Å²) in [6, 6.07) is 20.7. The molecule has 6 nitrogen and oxygen atoms in total. The van der Waals surface area contributed by atoms with Crippen molar-refractivity contribution in [3.8, 4) is 0 Å². The fourth-order valence-electron chi connectivity index (χ4n) is 3.57. The molecule has 2 heterocycles. The Morgan fingerprint density at radius 2 is 1.77 bits per heavy atom. The molecule has 0 fully saturated rings. The van der Waals surface area contributed by atoms with Crippen LogP contribution in [0.3, 0.4) is 0 Å². The van der Waals surface area contributed by atoms with Gasteiger partial charge in [-0.25, -0.2) is 8.42 Å². The van der Waals surface area contributed by atoms with Crippen molar-refractivity contribution >= 4 is 61.5 Å². The van der Waals surface area contributed by atoms with Crippen molar-refractivity contribution in [3.63, 3.8) is 0 Å². The first-order valence-electron chi connectivity index (χ1n) is 9.43. The smallest absolute Gasteiger partial charge is 0.261 e. The number of hydrogen-bond acceptors (Lipinski definition) is 3. The molecule has 0 aliphatic carbocycles. The first-order chi connectivity index (χ1) is 14.9. The third-order valence-corrected chi connectivity index (χ3v) is 6.63. The van der Waals surface area contributed by atoms with Crippen molar-refractivity contribution in [2.45, 2.75) is 4.90 Å². The number of halogens is 1. The topological polar surface area (TPSA) is 91.1 Å². The quantitative estimate of drug-likeness (QED) is 0.378. The lowest BCUT2D eigenvalue weighted by atomic mass is 10.1. The summed E-state index contributed by atoms with van der Waals surface area (Å²) in [7, 11) is -3.87. The zero-order valence-electron chi connectivity index (χ0n) is 16.0. The zero-order chi connectivity index (χ0) is 21.6. The fraction of sp³-hybridized carbons (Fsp3) is 0. The van der Waals surface area contributed by atoms with Crippen molar-refractivity contribution in [3.05, 3.63) is 89.1 Å². The predicted octanol–water partition coefficient (Wildman–Crippen LogP) is 5.11. The number of fused-ring (bicyclic) bond motifs is 2. The number of para-hydroxylation sites is 1. The van der Waals surface area contributed by atoms with Crippen molar-refractivity contribution < 1.29 is 13.2 Å². The summed E-state index contributed by atoms with van der Waals surface area (Å²) in [5.41, 5.74) is 3.55. The van der Waals surface area contributed by atoms with Gasteiger partial charge in [0.25, 0.3) is 15.9 Å². The molecule has 0 bridgehead atoms. The van der Waals surface area contributed by atoms with E-state index in [4.69, 9.17) is 11.6 Å². The minimum atomic E-state index is -3.87. The monoisotopic (exact) mass is 449 g/mol. The van der Waals surface area contributed by atoms with Crippen molar-refractivity contribution in [2.24, 2.45) is 0 Å². The molecule has 3 N–H and O–H groups in total. The van der Waals surface area contributed by atoms with Crippen molar-refractivity contribution in [1.82, 2.24) is 4.98 Å². The lowest BCUT2D eigenvalue weighted by Crippen LogP contribution is -2.13. The first kappa shape index (κ1) is 19.4. The minimum absolute atomic E-state index is 0.0465. The van der Waals surface area contributed by atoms with Crippen LogP contribution in [0.1, 0.15) is 11.3 Å². The summed E-state index contributed by atoms with van der Waals surface area (Å²) < 4.78 is 28.3. The molecule has 0 spiro atoms. The number of nitrogens with one attached hydrogen (secondary N) is 3. The van der Waals surface area contributed by atoms with Gasteiger partial charge >= 0.3 is 0 Å². The average molecular weight is 450 g/mol. The Balaban J connectivity index is 1.53. The van der Waals surface area contributed by atoms with Crippen LogP contribution in [-0.4, -0.2) is 19.3 Å². The van der Waals surface area contributed by atoms with E-state index in [1.165, 1.54) is 18.2 Å². The molecule has 0 saturated heterocycles. The standard InChI is InChI=1S/C23H16ClN3O3S/c24-15-5-3-6-16(11-15)27-31(29,30)18-8-9-22-19(13-18)20(23(28)26-22)12-17-10-14-4-1-2-7-21(14)25-17/h1-13,25,27H,(H,26,28). The number of hydrogen-bond donors (Lipinski definition) is 3. The molecule has 0 unspecified atom stereocenters. The number of carbonyl (C=O) groups excluding carboxylic acids is 1. The van der Waals surface area contributed by atoms with E-state index < -0.39 is 10.0 Å². The molecule has 0 atom stereocenters. The fourth-order valence-corrected chi connectivity index (χ4v) is 4.84. The molecule has 1 amide bonds. The van der Waals surface area contributed by atoms with Gasteiger partial charge in [-0.3, -0.25) is 9.52 Å². The van der Waals surface area contributed by atoms with E-state index in [0.717, 1.165) is 16.6 Å². The van der Waals surface area contributed by atoms with Gasteiger partial charge in [0, 0.05) is 27.5 Å². The van der Waals surface area contributed by atoms with Crippen LogP contribution in [0.4, 0.5) is 11.4 Å². The van der Waals surface area contributed by atoms with Gasteiger partial charge in [0.15, 0.2) is 0 Å². The van der Waals surface area contributed by atoms with E-state index in [9.17, 15) is 13.2 Å². The number of anilines is 2. The highest BCUT2D eigenvalue weighted by Gasteiger charge is 2.27. The second-order valence-corrected chi connectivity index (χ2v) is 9.27. The van der Waals surface area contributed by atoms with Gasteiger partial charge in [0.05, 0.1) is 16.2 Å². The number of aromatic amines is 1.